The van der Waals surface area contributed by atoms with Crippen molar-refractivity contribution in [1.82, 2.24) is 8.87 Å². The summed E-state index contributed by atoms with van der Waals surface area (Å²) in [6.45, 7) is 6.87. The molecule has 6 nitrogen and oxygen atoms in total. The number of benzene rings is 2. The zero-order valence-corrected chi connectivity index (χ0v) is 21.7. The maximum Gasteiger partial charge on any atom is 0.243 e. The third-order valence-electron chi connectivity index (χ3n) is 6.32. The van der Waals surface area contributed by atoms with Gasteiger partial charge in [-0.05, 0) is 61.9 Å². The Morgan fingerprint density at radius 1 is 1.06 bits per heavy atom. The molecule has 2 aromatic carbocycles. The average Bonchev–Trinajstić information content (AvgIpc) is 3.23. The molecule has 2 heterocycles. The van der Waals surface area contributed by atoms with Crippen LogP contribution in [0.3, 0.4) is 0 Å². The van der Waals surface area contributed by atoms with Gasteiger partial charge in [0.15, 0.2) is 4.80 Å². The van der Waals surface area contributed by atoms with Crippen molar-refractivity contribution in [2.75, 3.05) is 26.8 Å². The monoisotopic (exact) mass is 499 g/mol. The van der Waals surface area contributed by atoms with Crippen molar-refractivity contribution >= 4 is 27.0 Å². The molecule has 4 rings (SSSR count). The molecule has 0 unspecified atom stereocenters. The summed E-state index contributed by atoms with van der Waals surface area (Å²) in [5, 5.41) is 2.09. The van der Waals surface area contributed by atoms with Crippen LogP contribution in [0.2, 0.25) is 0 Å². The van der Waals surface area contributed by atoms with Crippen molar-refractivity contribution in [3.8, 4) is 11.3 Å². The lowest BCUT2D eigenvalue weighted by Crippen LogP contribution is -2.37. The van der Waals surface area contributed by atoms with E-state index in [1.807, 2.05) is 24.3 Å². The van der Waals surface area contributed by atoms with Gasteiger partial charge in [-0.15, -0.1) is 11.3 Å². The van der Waals surface area contributed by atoms with Crippen molar-refractivity contribution < 1.29 is 13.2 Å². The average molecular weight is 500 g/mol. The molecule has 34 heavy (non-hydrogen) atoms. The molecule has 0 radical (unpaired) electrons. The highest BCUT2D eigenvalue weighted by Gasteiger charge is 2.28. The van der Waals surface area contributed by atoms with E-state index in [0.717, 1.165) is 47.6 Å². The topological polar surface area (TPSA) is 63.9 Å². The quantitative estimate of drug-likeness (QED) is 0.400. The lowest BCUT2D eigenvalue weighted by molar-refractivity contribution is 0.190. The molecule has 182 valence electrons. The van der Waals surface area contributed by atoms with Gasteiger partial charge >= 0.3 is 0 Å². The van der Waals surface area contributed by atoms with E-state index in [1.54, 1.807) is 34.9 Å². The Morgan fingerprint density at radius 3 is 2.38 bits per heavy atom. The summed E-state index contributed by atoms with van der Waals surface area (Å²) in [5.74, 6) is 0.584. The van der Waals surface area contributed by atoms with E-state index in [0.29, 0.717) is 30.5 Å². The molecule has 0 aliphatic carbocycles. The van der Waals surface area contributed by atoms with Gasteiger partial charge < -0.3 is 9.30 Å². The van der Waals surface area contributed by atoms with Gasteiger partial charge in [0, 0.05) is 38.7 Å². The van der Waals surface area contributed by atoms with Crippen LogP contribution in [0, 0.1) is 12.8 Å². The second kappa shape index (κ2) is 11.0. The number of methoxy groups -OCH3 is 1. The van der Waals surface area contributed by atoms with Gasteiger partial charge in [-0.25, -0.2) is 13.4 Å². The van der Waals surface area contributed by atoms with E-state index in [1.165, 1.54) is 5.56 Å². The molecular weight excluding hydrogens is 466 g/mol. The van der Waals surface area contributed by atoms with Crippen LogP contribution in [0.5, 0.6) is 0 Å². The number of hydrogen-bond donors (Lipinski definition) is 0. The van der Waals surface area contributed by atoms with Crippen LogP contribution in [-0.4, -0.2) is 44.1 Å². The van der Waals surface area contributed by atoms with Crippen molar-refractivity contribution in [3.63, 3.8) is 0 Å². The molecule has 1 aliphatic rings. The Kier molecular flexibility index (Phi) is 8.03. The first kappa shape index (κ1) is 24.9. The Labute approximate surface area is 206 Å². The molecule has 8 heteroatoms. The summed E-state index contributed by atoms with van der Waals surface area (Å²) >= 11 is 1.59. The van der Waals surface area contributed by atoms with E-state index in [9.17, 15) is 8.42 Å². The fourth-order valence-corrected chi connectivity index (χ4v) is 6.56. The predicted octanol–water partition coefficient (Wildman–Crippen LogP) is 5.21. The second-order valence-electron chi connectivity index (χ2n) is 8.96. The van der Waals surface area contributed by atoms with Crippen molar-refractivity contribution in [1.29, 1.82) is 0 Å². The Morgan fingerprint density at radius 2 is 1.74 bits per heavy atom. The van der Waals surface area contributed by atoms with Gasteiger partial charge in [0.1, 0.15) is 0 Å². The first-order valence-electron chi connectivity index (χ1n) is 11.8. The fraction of sp³-hybridized carbons (Fsp3) is 0.423. The van der Waals surface area contributed by atoms with Gasteiger partial charge in [-0.3, -0.25) is 0 Å². The van der Waals surface area contributed by atoms with Gasteiger partial charge in [-0.1, -0.05) is 36.8 Å². The molecule has 1 saturated heterocycles. The van der Waals surface area contributed by atoms with Crippen molar-refractivity contribution in [3.05, 3.63) is 64.3 Å². The normalized spacial score (nSPS) is 16.3. The summed E-state index contributed by atoms with van der Waals surface area (Å²) in [6.07, 6.45) is 2.70. The van der Waals surface area contributed by atoms with Crippen LogP contribution in [0.1, 0.15) is 31.7 Å². The minimum Gasteiger partial charge on any atom is -0.385 e. The summed E-state index contributed by atoms with van der Waals surface area (Å²) in [5.41, 5.74) is 4.12. The number of ether oxygens (including phenoxy) is 1. The van der Waals surface area contributed by atoms with Crippen LogP contribution in [-0.2, 0) is 21.3 Å². The highest BCUT2D eigenvalue weighted by Crippen LogP contribution is 2.27. The molecule has 0 amide bonds. The molecule has 0 N–H and O–H groups in total. The lowest BCUT2D eigenvalue weighted by atomic mass is 10.0. The van der Waals surface area contributed by atoms with E-state index in [-0.39, 0.29) is 0 Å². The van der Waals surface area contributed by atoms with Gasteiger partial charge in [0.25, 0.3) is 0 Å². The number of rotatable bonds is 8. The molecule has 0 saturated carbocycles. The number of aromatic nitrogens is 1. The molecule has 1 aliphatic heterocycles. The first-order valence-corrected chi connectivity index (χ1v) is 14.1. The molecule has 3 aromatic rings. The molecule has 0 spiro atoms. The van der Waals surface area contributed by atoms with Crippen LogP contribution >= 0.6 is 11.3 Å². The first-order chi connectivity index (χ1) is 16.4. The third kappa shape index (κ3) is 5.68. The third-order valence-corrected chi connectivity index (χ3v) is 9.09. The Hall–Kier alpha value is -2.26. The highest BCUT2D eigenvalue weighted by molar-refractivity contribution is 7.89. The highest BCUT2D eigenvalue weighted by atomic mass is 32.2. The lowest BCUT2D eigenvalue weighted by Gasteiger charge is -2.29. The van der Waals surface area contributed by atoms with E-state index >= 15 is 0 Å². The fourth-order valence-electron chi connectivity index (χ4n) is 4.13. The number of sulfonamides is 1. The van der Waals surface area contributed by atoms with Crippen molar-refractivity contribution in [2.45, 2.75) is 44.6 Å². The van der Waals surface area contributed by atoms with Gasteiger partial charge in [0.2, 0.25) is 10.0 Å². The SMILES string of the molecule is COCCCn1c(-c2ccc(S(=O)(=O)N3CCC(C)CC3)cc2)csc1=Nc1ccc(C)cc1. The second-order valence-corrected chi connectivity index (χ2v) is 11.7. The molecule has 1 fully saturated rings. The van der Waals surface area contributed by atoms with Gasteiger partial charge in [0.05, 0.1) is 16.3 Å². The maximum absolute atomic E-state index is 13.1. The van der Waals surface area contributed by atoms with Crippen LogP contribution in [0.25, 0.3) is 11.3 Å². The molecule has 0 atom stereocenters. The Bertz CT molecular complexity index is 1250. The van der Waals surface area contributed by atoms with E-state index < -0.39 is 10.0 Å². The van der Waals surface area contributed by atoms with Crippen LogP contribution < -0.4 is 4.80 Å². The smallest absolute Gasteiger partial charge is 0.243 e. The Balaban J connectivity index is 1.64. The van der Waals surface area contributed by atoms with E-state index in [2.05, 4.69) is 35.9 Å². The maximum atomic E-state index is 13.1. The van der Waals surface area contributed by atoms with Crippen LogP contribution in [0.15, 0.2) is 63.8 Å². The number of thiazole rings is 1. The molecule has 0 bridgehead atoms. The zero-order chi connectivity index (χ0) is 24.1. The van der Waals surface area contributed by atoms with Crippen LogP contribution in [0.4, 0.5) is 5.69 Å². The standard InChI is InChI=1S/C26H33N3O3S2/c1-20-5-9-23(10-6-20)27-26-29(15-4-18-32-3)25(19-33-26)22-7-11-24(12-8-22)34(30,31)28-16-13-21(2)14-17-28/h5-12,19,21H,4,13-18H2,1-3H3. The summed E-state index contributed by atoms with van der Waals surface area (Å²) in [6, 6.07) is 15.4. The number of nitrogens with zero attached hydrogens (tertiary/aromatic N) is 3. The minimum absolute atomic E-state index is 0.358. The zero-order valence-electron chi connectivity index (χ0n) is 20.1. The number of piperidine rings is 1. The molecular formula is C26H33N3O3S2. The minimum atomic E-state index is -3.46. The number of hydrogen-bond acceptors (Lipinski definition) is 5. The number of aryl methyl sites for hydroxylation is 1. The summed E-state index contributed by atoms with van der Waals surface area (Å²) < 4.78 is 35.3. The summed E-state index contributed by atoms with van der Waals surface area (Å²) in [4.78, 5) is 6.14. The van der Waals surface area contributed by atoms with E-state index in [4.69, 9.17) is 9.73 Å². The predicted molar refractivity (Wildman–Crippen MR) is 138 cm³/mol. The largest absolute Gasteiger partial charge is 0.385 e. The summed E-state index contributed by atoms with van der Waals surface area (Å²) in [7, 11) is -1.75. The van der Waals surface area contributed by atoms with Crippen molar-refractivity contribution in [2.24, 2.45) is 10.9 Å². The van der Waals surface area contributed by atoms with Gasteiger partial charge in [-0.2, -0.15) is 4.31 Å². The molecule has 1 aromatic heterocycles.